The number of nitrogens with one attached hydrogen (secondary N) is 2. The van der Waals surface area contributed by atoms with Gasteiger partial charge in [0.25, 0.3) is 0 Å². The van der Waals surface area contributed by atoms with Gasteiger partial charge >= 0.3 is 0 Å². The van der Waals surface area contributed by atoms with Crippen LogP contribution in [-0.4, -0.2) is 25.2 Å². The fourth-order valence-electron chi connectivity index (χ4n) is 5.06. The molecule has 2 aliphatic heterocycles. The molecule has 2 aromatic carbocycles. The third kappa shape index (κ3) is 2.88. The van der Waals surface area contributed by atoms with Crippen LogP contribution in [0.3, 0.4) is 0 Å². The largest absolute Gasteiger partial charge is 0.490 e. The van der Waals surface area contributed by atoms with Crippen LogP contribution in [0.5, 0.6) is 5.75 Å². The monoisotopic (exact) mass is 348 g/mol. The Hall–Kier alpha value is -2.00. The van der Waals surface area contributed by atoms with Gasteiger partial charge < -0.3 is 15.4 Å². The van der Waals surface area contributed by atoms with Crippen molar-refractivity contribution in [1.82, 2.24) is 5.32 Å². The minimum atomic E-state index is 0.390. The maximum absolute atomic E-state index is 6.45. The summed E-state index contributed by atoms with van der Waals surface area (Å²) in [6, 6.07) is 15.9. The second-order valence-electron chi connectivity index (χ2n) is 7.97. The van der Waals surface area contributed by atoms with Crippen molar-refractivity contribution in [2.75, 3.05) is 18.4 Å². The average molecular weight is 348 g/mol. The summed E-state index contributed by atoms with van der Waals surface area (Å²) >= 11 is 0. The number of para-hydroxylation sites is 1. The second-order valence-corrected chi connectivity index (χ2v) is 7.97. The molecule has 0 aromatic heterocycles. The van der Waals surface area contributed by atoms with E-state index in [1.54, 1.807) is 0 Å². The summed E-state index contributed by atoms with van der Waals surface area (Å²) in [6.45, 7) is 2.22. The van der Waals surface area contributed by atoms with Crippen molar-refractivity contribution in [2.45, 2.75) is 56.6 Å². The van der Waals surface area contributed by atoms with E-state index >= 15 is 0 Å². The van der Waals surface area contributed by atoms with E-state index in [4.69, 9.17) is 4.74 Å². The zero-order valence-corrected chi connectivity index (χ0v) is 15.3. The van der Waals surface area contributed by atoms with E-state index < -0.39 is 0 Å². The van der Waals surface area contributed by atoms with Crippen molar-refractivity contribution >= 4 is 5.69 Å². The minimum absolute atomic E-state index is 0.390. The topological polar surface area (TPSA) is 33.3 Å². The van der Waals surface area contributed by atoms with Crippen LogP contribution >= 0.6 is 0 Å². The zero-order valence-electron chi connectivity index (χ0n) is 15.3. The molecule has 2 fully saturated rings. The lowest BCUT2D eigenvalue weighted by molar-refractivity contribution is 0.211. The van der Waals surface area contributed by atoms with Gasteiger partial charge in [0.2, 0.25) is 0 Å². The van der Waals surface area contributed by atoms with Crippen LogP contribution in [0, 0.1) is 0 Å². The number of hydrogen-bond acceptors (Lipinski definition) is 3. The summed E-state index contributed by atoms with van der Waals surface area (Å²) in [7, 11) is 0. The van der Waals surface area contributed by atoms with Gasteiger partial charge in [0.05, 0.1) is 6.10 Å². The lowest BCUT2D eigenvalue weighted by Gasteiger charge is -2.21. The fourth-order valence-corrected chi connectivity index (χ4v) is 5.06. The minimum Gasteiger partial charge on any atom is -0.490 e. The third-order valence-electron chi connectivity index (χ3n) is 6.34. The normalized spacial score (nSPS) is 25.2. The van der Waals surface area contributed by atoms with Crippen molar-refractivity contribution in [3.8, 4) is 16.9 Å². The predicted molar refractivity (Wildman–Crippen MR) is 107 cm³/mol. The van der Waals surface area contributed by atoms with Crippen molar-refractivity contribution in [2.24, 2.45) is 0 Å². The van der Waals surface area contributed by atoms with Crippen LogP contribution in [0.4, 0.5) is 5.69 Å². The molecular weight excluding hydrogens is 320 g/mol. The molecule has 26 heavy (non-hydrogen) atoms. The van der Waals surface area contributed by atoms with Gasteiger partial charge in [0.15, 0.2) is 0 Å². The number of hydrogen-bond donors (Lipinski definition) is 2. The molecule has 1 aliphatic carbocycles. The number of benzene rings is 2. The quantitative estimate of drug-likeness (QED) is 0.824. The van der Waals surface area contributed by atoms with Gasteiger partial charge in [-0.2, -0.15) is 0 Å². The lowest BCUT2D eigenvalue weighted by atomic mass is 9.85. The van der Waals surface area contributed by atoms with E-state index in [1.807, 2.05) is 0 Å². The molecule has 2 aromatic rings. The van der Waals surface area contributed by atoms with E-state index in [9.17, 15) is 0 Å². The Balaban J connectivity index is 1.55. The lowest BCUT2D eigenvalue weighted by Crippen LogP contribution is -2.21. The van der Waals surface area contributed by atoms with Gasteiger partial charge in [0, 0.05) is 23.2 Å². The Morgan fingerprint density at radius 2 is 1.62 bits per heavy atom. The van der Waals surface area contributed by atoms with Gasteiger partial charge in [-0.15, -0.1) is 0 Å². The van der Waals surface area contributed by atoms with Gasteiger partial charge in [0.1, 0.15) is 5.75 Å². The predicted octanol–water partition coefficient (Wildman–Crippen LogP) is 4.94. The molecule has 136 valence electrons. The van der Waals surface area contributed by atoms with Crippen molar-refractivity contribution < 1.29 is 4.74 Å². The first-order chi connectivity index (χ1) is 12.9. The molecule has 1 saturated carbocycles. The summed E-state index contributed by atoms with van der Waals surface area (Å²) in [5, 5.41) is 7.36. The van der Waals surface area contributed by atoms with Gasteiger partial charge in [-0.3, -0.25) is 0 Å². The van der Waals surface area contributed by atoms with E-state index in [-0.39, 0.29) is 0 Å². The molecule has 0 spiro atoms. The van der Waals surface area contributed by atoms with Crippen LogP contribution in [0.25, 0.3) is 11.1 Å². The highest BCUT2D eigenvalue weighted by Gasteiger charge is 2.35. The highest BCUT2D eigenvalue weighted by molar-refractivity contribution is 5.81. The standard InChI is InChI=1S/C23H28N2O/c1-2-7-16(6-1)26-22-11-4-3-8-17(22)18-9-5-10-21-23(18)19-12-14-24-15-13-20(19)25-21/h3-5,8-11,16,19-20,24-25H,1-2,6-7,12-15H2/t19-,20+/m1/s1. The number of anilines is 1. The molecule has 3 nitrogen and oxygen atoms in total. The molecule has 3 heteroatoms. The van der Waals surface area contributed by atoms with Gasteiger partial charge in [-0.05, 0) is 74.9 Å². The molecule has 0 bridgehead atoms. The van der Waals surface area contributed by atoms with E-state index in [2.05, 4.69) is 53.1 Å². The molecule has 1 saturated heterocycles. The Kier molecular flexibility index (Phi) is 4.33. The Morgan fingerprint density at radius 1 is 0.808 bits per heavy atom. The Bertz CT molecular complexity index is 782. The molecule has 0 amide bonds. The first kappa shape index (κ1) is 16.2. The molecular formula is C23H28N2O. The van der Waals surface area contributed by atoms with Crippen LogP contribution < -0.4 is 15.4 Å². The third-order valence-corrected chi connectivity index (χ3v) is 6.34. The molecule has 2 N–H and O–H groups in total. The van der Waals surface area contributed by atoms with Crippen LogP contribution in [0.2, 0.25) is 0 Å². The number of rotatable bonds is 3. The summed E-state index contributed by atoms with van der Waals surface area (Å²) in [4.78, 5) is 0. The first-order valence-electron chi connectivity index (χ1n) is 10.3. The smallest absolute Gasteiger partial charge is 0.127 e. The zero-order chi connectivity index (χ0) is 17.3. The Morgan fingerprint density at radius 3 is 2.54 bits per heavy atom. The molecule has 0 unspecified atom stereocenters. The molecule has 3 aliphatic rings. The molecule has 0 radical (unpaired) electrons. The first-order valence-corrected chi connectivity index (χ1v) is 10.3. The summed E-state index contributed by atoms with van der Waals surface area (Å²) in [5.41, 5.74) is 5.45. The molecule has 2 atom stereocenters. The highest BCUT2D eigenvalue weighted by Crippen LogP contribution is 2.47. The summed E-state index contributed by atoms with van der Waals surface area (Å²) in [6.07, 6.45) is 7.77. The fraction of sp³-hybridized carbons (Fsp3) is 0.478. The van der Waals surface area contributed by atoms with Crippen LogP contribution in [0.15, 0.2) is 42.5 Å². The highest BCUT2D eigenvalue weighted by atomic mass is 16.5. The molecule has 5 rings (SSSR count). The summed E-state index contributed by atoms with van der Waals surface area (Å²) < 4.78 is 6.45. The maximum atomic E-state index is 6.45. The summed E-state index contributed by atoms with van der Waals surface area (Å²) in [5.74, 6) is 1.65. The van der Waals surface area contributed by atoms with Gasteiger partial charge in [-0.25, -0.2) is 0 Å². The van der Waals surface area contributed by atoms with Crippen LogP contribution in [-0.2, 0) is 0 Å². The van der Waals surface area contributed by atoms with E-state index in [0.29, 0.717) is 18.1 Å². The van der Waals surface area contributed by atoms with E-state index in [0.717, 1.165) is 18.8 Å². The van der Waals surface area contributed by atoms with Crippen molar-refractivity contribution in [3.05, 3.63) is 48.0 Å². The SMILES string of the molecule is c1ccc(-c2cccc3c2[C@@H]2CCNCC[C@@H]2N3)c(OC2CCCC2)c1. The van der Waals surface area contributed by atoms with E-state index in [1.165, 1.54) is 60.9 Å². The van der Waals surface area contributed by atoms with Gasteiger partial charge in [-0.1, -0.05) is 30.3 Å². The maximum Gasteiger partial charge on any atom is 0.127 e. The molecule has 2 heterocycles. The number of fused-ring (bicyclic) bond motifs is 3. The number of ether oxygens (including phenoxy) is 1. The average Bonchev–Trinajstić information content (AvgIpc) is 3.24. The second kappa shape index (κ2) is 6.96. The van der Waals surface area contributed by atoms with Crippen LogP contribution in [0.1, 0.15) is 50.0 Å². The van der Waals surface area contributed by atoms with Crippen molar-refractivity contribution in [3.63, 3.8) is 0 Å². The Labute approximate surface area is 156 Å². The van der Waals surface area contributed by atoms with Crippen molar-refractivity contribution in [1.29, 1.82) is 0 Å².